The SMILES string of the molecule is COc1c(Cl)cccc1Nc1cc(Nc2cnc(C3CC3)c(C#N)n2)nc2[nH]n(C)c(=O)c12. The van der Waals surface area contributed by atoms with Gasteiger partial charge < -0.3 is 15.4 Å². The molecule has 0 amide bonds. The van der Waals surface area contributed by atoms with Gasteiger partial charge in [0.2, 0.25) is 0 Å². The maximum absolute atomic E-state index is 12.7. The molecule has 3 heterocycles. The lowest BCUT2D eigenvalue weighted by Gasteiger charge is -2.14. The Labute approximate surface area is 193 Å². The highest BCUT2D eigenvalue weighted by Gasteiger charge is 2.28. The first-order valence-electron chi connectivity index (χ1n) is 10.2. The van der Waals surface area contributed by atoms with Crippen molar-refractivity contribution in [1.29, 1.82) is 5.26 Å². The number of hydrogen-bond donors (Lipinski definition) is 3. The number of aromatic nitrogens is 5. The van der Waals surface area contributed by atoms with E-state index in [1.807, 2.05) is 0 Å². The first kappa shape index (κ1) is 20.8. The molecule has 0 aliphatic heterocycles. The summed E-state index contributed by atoms with van der Waals surface area (Å²) in [5, 5.41) is 19.5. The van der Waals surface area contributed by atoms with Crippen molar-refractivity contribution in [3.8, 4) is 11.8 Å². The van der Waals surface area contributed by atoms with Crippen LogP contribution in [0.15, 0.2) is 35.3 Å². The number of hydrogen-bond acceptors (Lipinski definition) is 8. The van der Waals surface area contributed by atoms with E-state index in [0.717, 1.165) is 18.5 Å². The van der Waals surface area contributed by atoms with E-state index in [1.54, 1.807) is 37.5 Å². The molecule has 0 unspecified atom stereocenters. The summed E-state index contributed by atoms with van der Waals surface area (Å²) in [6.07, 6.45) is 3.64. The van der Waals surface area contributed by atoms with Crippen LogP contribution in [0.4, 0.5) is 23.0 Å². The van der Waals surface area contributed by atoms with Gasteiger partial charge >= 0.3 is 0 Å². The fourth-order valence-electron chi connectivity index (χ4n) is 3.67. The monoisotopic (exact) mass is 462 g/mol. The molecule has 166 valence electrons. The van der Waals surface area contributed by atoms with Crippen molar-refractivity contribution in [2.45, 2.75) is 18.8 Å². The molecule has 1 aromatic carbocycles. The Balaban J connectivity index is 1.57. The zero-order valence-electron chi connectivity index (χ0n) is 17.8. The minimum absolute atomic E-state index is 0.243. The van der Waals surface area contributed by atoms with Crippen molar-refractivity contribution in [2.75, 3.05) is 17.7 Å². The summed E-state index contributed by atoms with van der Waals surface area (Å²) in [7, 11) is 3.13. The summed E-state index contributed by atoms with van der Waals surface area (Å²) in [4.78, 5) is 26.1. The molecule has 3 aromatic heterocycles. The maximum Gasteiger partial charge on any atom is 0.277 e. The van der Waals surface area contributed by atoms with E-state index in [1.165, 1.54) is 11.8 Å². The fourth-order valence-corrected chi connectivity index (χ4v) is 3.92. The Kier molecular flexibility index (Phi) is 5.11. The number of nitriles is 1. The molecule has 33 heavy (non-hydrogen) atoms. The average molecular weight is 463 g/mol. The van der Waals surface area contributed by atoms with E-state index in [-0.39, 0.29) is 5.56 Å². The van der Waals surface area contributed by atoms with Crippen molar-refractivity contribution in [2.24, 2.45) is 7.05 Å². The summed E-state index contributed by atoms with van der Waals surface area (Å²) < 4.78 is 6.76. The number of pyridine rings is 1. The molecular weight excluding hydrogens is 444 g/mol. The number of methoxy groups -OCH3 is 1. The second-order valence-electron chi connectivity index (χ2n) is 7.70. The Morgan fingerprint density at radius 3 is 2.79 bits per heavy atom. The van der Waals surface area contributed by atoms with E-state index in [0.29, 0.717) is 56.4 Å². The van der Waals surface area contributed by atoms with Gasteiger partial charge in [-0.25, -0.2) is 9.97 Å². The normalized spacial score (nSPS) is 13.0. The van der Waals surface area contributed by atoms with Crippen LogP contribution in [0.25, 0.3) is 11.0 Å². The summed E-state index contributed by atoms with van der Waals surface area (Å²) in [6, 6.07) is 9.09. The second kappa shape index (κ2) is 8.11. The molecule has 11 heteroatoms. The predicted molar refractivity (Wildman–Crippen MR) is 125 cm³/mol. The zero-order chi connectivity index (χ0) is 23.1. The molecule has 5 rings (SSSR count). The number of H-pyrrole nitrogens is 1. The van der Waals surface area contributed by atoms with E-state index in [4.69, 9.17) is 16.3 Å². The summed E-state index contributed by atoms with van der Waals surface area (Å²) in [5.74, 6) is 1.55. The van der Waals surface area contributed by atoms with Crippen LogP contribution in [0, 0.1) is 11.3 Å². The van der Waals surface area contributed by atoms with Crippen LogP contribution in [0.3, 0.4) is 0 Å². The molecule has 1 fully saturated rings. The lowest BCUT2D eigenvalue weighted by molar-refractivity contribution is 0.417. The van der Waals surface area contributed by atoms with Gasteiger partial charge in [0.25, 0.3) is 5.56 Å². The second-order valence-corrected chi connectivity index (χ2v) is 8.11. The van der Waals surface area contributed by atoms with Crippen LogP contribution in [-0.4, -0.2) is 31.8 Å². The van der Waals surface area contributed by atoms with Gasteiger partial charge in [-0.15, -0.1) is 0 Å². The number of para-hydroxylation sites is 1. The van der Waals surface area contributed by atoms with Crippen LogP contribution in [0.5, 0.6) is 5.75 Å². The smallest absolute Gasteiger partial charge is 0.277 e. The minimum Gasteiger partial charge on any atom is -0.493 e. The molecule has 1 saturated carbocycles. The first-order valence-corrected chi connectivity index (χ1v) is 10.6. The number of nitrogens with zero attached hydrogens (tertiary/aromatic N) is 5. The van der Waals surface area contributed by atoms with Crippen molar-refractivity contribution >= 4 is 45.6 Å². The standard InChI is InChI=1S/C22H19ClN8O2/c1-31-22(32)18-14(26-13-5-3-4-12(23)20(13)33-2)8-16(29-21(18)30-31)28-17-10-25-19(11-6-7-11)15(9-24)27-17/h3-5,8,10-11H,6-7H2,1-2H3,(H3,26,27,28,29,30). The van der Waals surface area contributed by atoms with Gasteiger partial charge in [0, 0.05) is 19.0 Å². The summed E-state index contributed by atoms with van der Waals surface area (Å²) in [6.45, 7) is 0. The van der Waals surface area contributed by atoms with Crippen molar-refractivity contribution in [3.05, 3.63) is 57.2 Å². The number of nitrogens with one attached hydrogen (secondary N) is 3. The van der Waals surface area contributed by atoms with Crippen LogP contribution >= 0.6 is 11.6 Å². The number of benzene rings is 1. The quantitative estimate of drug-likeness (QED) is 0.392. The van der Waals surface area contributed by atoms with Gasteiger partial charge in [0.1, 0.15) is 17.3 Å². The molecule has 1 aliphatic carbocycles. The molecule has 1 aliphatic rings. The molecule has 10 nitrogen and oxygen atoms in total. The van der Waals surface area contributed by atoms with E-state index >= 15 is 0 Å². The Morgan fingerprint density at radius 1 is 1.24 bits per heavy atom. The largest absolute Gasteiger partial charge is 0.493 e. The van der Waals surface area contributed by atoms with Gasteiger partial charge in [0.05, 0.1) is 35.4 Å². The predicted octanol–water partition coefficient (Wildman–Crippen LogP) is 3.95. The third-order valence-electron chi connectivity index (χ3n) is 5.38. The van der Waals surface area contributed by atoms with E-state index in [2.05, 4.69) is 36.8 Å². The molecule has 0 radical (unpaired) electrons. The molecule has 4 aromatic rings. The van der Waals surface area contributed by atoms with Gasteiger partial charge in [-0.05, 0) is 25.0 Å². The highest BCUT2D eigenvalue weighted by Crippen LogP contribution is 2.40. The molecule has 0 bridgehead atoms. The Bertz CT molecular complexity index is 1480. The zero-order valence-corrected chi connectivity index (χ0v) is 18.6. The summed E-state index contributed by atoms with van der Waals surface area (Å²) >= 11 is 6.25. The van der Waals surface area contributed by atoms with Crippen LogP contribution in [0.2, 0.25) is 5.02 Å². The van der Waals surface area contributed by atoms with Gasteiger partial charge in [-0.3, -0.25) is 19.6 Å². The lowest BCUT2D eigenvalue weighted by Crippen LogP contribution is -2.12. The topological polar surface area (TPSA) is 134 Å². The molecular formula is C22H19ClN8O2. The number of aromatic amines is 1. The molecule has 0 saturated heterocycles. The average Bonchev–Trinajstić information content (AvgIpc) is 3.59. The van der Waals surface area contributed by atoms with Gasteiger partial charge in [0.15, 0.2) is 22.9 Å². The Hall–Kier alpha value is -4.10. The maximum atomic E-state index is 12.7. The molecule has 0 spiro atoms. The number of aryl methyl sites for hydroxylation is 1. The summed E-state index contributed by atoms with van der Waals surface area (Å²) in [5.41, 5.74) is 2.25. The number of halogens is 1. The van der Waals surface area contributed by atoms with Crippen LogP contribution in [-0.2, 0) is 7.05 Å². The van der Waals surface area contributed by atoms with Gasteiger partial charge in [-0.2, -0.15) is 5.26 Å². The minimum atomic E-state index is -0.243. The van der Waals surface area contributed by atoms with Crippen molar-refractivity contribution < 1.29 is 4.74 Å². The highest BCUT2D eigenvalue weighted by molar-refractivity contribution is 6.32. The Morgan fingerprint density at radius 2 is 2.06 bits per heavy atom. The lowest BCUT2D eigenvalue weighted by atomic mass is 10.2. The highest BCUT2D eigenvalue weighted by atomic mass is 35.5. The molecule has 3 N–H and O–H groups in total. The number of anilines is 4. The van der Waals surface area contributed by atoms with E-state index in [9.17, 15) is 10.1 Å². The third-order valence-corrected chi connectivity index (χ3v) is 5.68. The van der Waals surface area contributed by atoms with Crippen LogP contribution in [0.1, 0.15) is 30.1 Å². The fraction of sp³-hybridized carbons (Fsp3) is 0.227. The number of rotatable bonds is 6. The molecule has 0 atom stereocenters. The first-order chi connectivity index (χ1) is 16.0. The number of fused-ring (bicyclic) bond motifs is 1. The van der Waals surface area contributed by atoms with Gasteiger partial charge in [-0.1, -0.05) is 17.7 Å². The van der Waals surface area contributed by atoms with Crippen molar-refractivity contribution in [1.82, 2.24) is 24.7 Å². The number of ether oxygens (including phenoxy) is 1. The van der Waals surface area contributed by atoms with Crippen LogP contribution < -0.4 is 20.9 Å². The third kappa shape index (κ3) is 3.83. The van der Waals surface area contributed by atoms with E-state index < -0.39 is 0 Å². The van der Waals surface area contributed by atoms with Crippen molar-refractivity contribution in [3.63, 3.8) is 0 Å².